The van der Waals surface area contributed by atoms with E-state index in [2.05, 4.69) is 10.00 Å². The van der Waals surface area contributed by atoms with Gasteiger partial charge in [-0.25, -0.2) is 4.68 Å². The molecule has 0 unspecified atom stereocenters. The number of hydrogen-bond donors (Lipinski definition) is 0. The van der Waals surface area contributed by atoms with Gasteiger partial charge in [0.1, 0.15) is 0 Å². The van der Waals surface area contributed by atoms with Gasteiger partial charge in [-0.2, -0.15) is 5.10 Å². The van der Waals surface area contributed by atoms with Crippen LogP contribution in [0.25, 0.3) is 11.3 Å². The lowest BCUT2D eigenvalue weighted by Gasteiger charge is -2.37. The predicted molar refractivity (Wildman–Crippen MR) is 88.0 cm³/mol. The van der Waals surface area contributed by atoms with Crippen LogP contribution in [0, 0.1) is 0 Å². The summed E-state index contributed by atoms with van der Waals surface area (Å²) in [5.74, 6) is 0. The van der Waals surface area contributed by atoms with Crippen LogP contribution in [0.4, 0.5) is 0 Å². The Bertz CT molecular complexity index is 729. The predicted octanol–water partition coefficient (Wildman–Crippen LogP) is 2.12. The molecule has 0 N–H and O–H groups in total. The van der Waals surface area contributed by atoms with Crippen molar-refractivity contribution in [2.75, 3.05) is 13.2 Å². The summed E-state index contributed by atoms with van der Waals surface area (Å²) in [6.45, 7) is 2.16. The summed E-state index contributed by atoms with van der Waals surface area (Å²) in [7, 11) is 0. The highest BCUT2D eigenvalue weighted by Crippen LogP contribution is 2.29. The van der Waals surface area contributed by atoms with Crippen molar-refractivity contribution < 1.29 is 4.74 Å². The Balaban J connectivity index is 1.60. The van der Waals surface area contributed by atoms with Crippen molar-refractivity contribution in [1.29, 1.82) is 0 Å². The molecular weight excluding hydrogens is 290 g/mol. The van der Waals surface area contributed by atoms with Crippen LogP contribution in [-0.2, 0) is 11.4 Å². The molecule has 1 saturated carbocycles. The van der Waals surface area contributed by atoms with Gasteiger partial charge < -0.3 is 4.74 Å². The van der Waals surface area contributed by atoms with Gasteiger partial charge in [0, 0.05) is 24.2 Å². The summed E-state index contributed by atoms with van der Waals surface area (Å²) in [5.41, 5.74) is 1.81. The third-order valence-electron chi connectivity index (χ3n) is 4.85. The third kappa shape index (κ3) is 2.94. The van der Waals surface area contributed by atoms with Crippen LogP contribution in [0.3, 0.4) is 0 Å². The monoisotopic (exact) mass is 311 g/mol. The van der Waals surface area contributed by atoms with Gasteiger partial charge in [-0.1, -0.05) is 30.3 Å². The fourth-order valence-electron chi connectivity index (χ4n) is 3.67. The van der Waals surface area contributed by atoms with Gasteiger partial charge in [0.05, 0.1) is 25.1 Å². The highest BCUT2D eigenvalue weighted by molar-refractivity contribution is 5.57. The van der Waals surface area contributed by atoms with Gasteiger partial charge in [0.25, 0.3) is 5.56 Å². The maximum Gasteiger partial charge on any atom is 0.268 e. The van der Waals surface area contributed by atoms with Crippen molar-refractivity contribution in [2.24, 2.45) is 0 Å². The van der Waals surface area contributed by atoms with E-state index < -0.39 is 0 Å². The zero-order chi connectivity index (χ0) is 15.6. The van der Waals surface area contributed by atoms with Gasteiger partial charge in [-0.15, -0.1) is 0 Å². The standard InChI is InChI=1S/C18H21N3O2/c22-18-10-9-15(14-5-2-1-3-6-14)19-21(18)13-20-11-12-23-17-8-4-7-16(17)20/h1-3,5-6,9-10,16-17H,4,7-8,11-13H2/t16-,17+/m1/s1. The molecule has 2 aliphatic rings. The van der Waals surface area contributed by atoms with E-state index >= 15 is 0 Å². The first-order valence-corrected chi connectivity index (χ1v) is 8.30. The van der Waals surface area contributed by atoms with E-state index in [-0.39, 0.29) is 5.56 Å². The number of aromatic nitrogens is 2. The summed E-state index contributed by atoms with van der Waals surface area (Å²) < 4.78 is 7.43. The van der Waals surface area contributed by atoms with Crippen LogP contribution in [0.2, 0.25) is 0 Å². The first kappa shape index (κ1) is 14.6. The van der Waals surface area contributed by atoms with Gasteiger partial charge >= 0.3 is 0 Å². The molecule has 1 aliphatic heterocycles. The van der Waals surface area contributed by atoms with E-state index in [0.717, 1.165) is 37.3 Å². The summed E-state index contributed by atoms with van der Waals surface area (Å²) in [4.78, 5) is 14.6. The molecule has 0 spiro atoms. The fourth-order valence-corrected chi connectivity index (χ4v) is 3.67. The minimum absolute atomic E-state index is 0.0503. The number of fused-ring (bicyclic) bond motifs is 1. The first-order chi connectivity index (χ1) is 11.3. The molecule has 0 bridgehead atoms. The second-order valence-electron chi connectivity index (χ2n) is 6.28. The molecule has 4 rings (SSSR count). The molecule has 5 heteroatoms. The topological polar surface area (TPSA) is 47.4 Å². The van der Waals surface area contributed by atoms with Crippen molar-refractivity contribution >= 4 is 0 Å². The minimum atomic E-state index is -0.0503. The SMILES string of the molecule is O=c1ccc(-c2ccccc2)nn1CN1CCO[C@H]2CCC[C@H]21. The first-order valence-electron chi connectivity index (χ1n) is 8.30. The lowest BCUT2D eigenvalue weighted by Crippen LogP contribution is -2.50. The highest BCUT2D eigenvalue weighted by Gasteiger charge is 2.36. The quantitative estimate of drug-likeness (QED) is 0.871. The molecule has 1 saturated heterocycles. The number of ether oxygens (including phenoxy) is 1. The lowest BCUT2D eigenvalue weighted by atomic mass is 10.1. The normalized spacial score (nSPS) is 24.5. The van der Waals surface area contributed by atoms with Gasteiger partial charge in [0.15, 0.2) is 0 Å². The largest absolute Gasteiger partial charge is 0.375 e. The minimum Gasteiger partial charge on any atom is -0.375 e. The van der Waals surface area contributed by atoms with E-state index in [1.807, 2.05) is 30.3 Å². The van der Waals surface area contributed by atoms with Gasteiger partial charge in [-0.05, 0) is 25.3 Å². The number of morpholine rings is 1. The molecule has 2 heterocycles. The summed E-state index contributed by atoms with van der Waals surface area (Å²) >= 11 is 0. The number of nitrogens with zero attached hydrogens (tertiary/aromatic N) is 3. The van der Waals surface area contributed by atoms with E-state index in [1.54, 1.807) is 16.8 Å². The Morgan fingerprint density at radius 3 is 2.87 bits per heavy atom. The molecule has 1 aromatic heterocycles. The molecule has 1 aliphatic carbocycles. The van der Waals surface area contributed by atoms with Crippen molar-refractivity contribution in [3.05, 3.63) is 52.8 Å². The number of hydrogen-bond acceptors (Lipinski definition) is 4. The highest BCUT2D eigenvalue weighted by atomic mass is 16.5. The van der Waals surface area contributed by atoms with Crippen LogP contribution < -0.4 is 5.56 Å². The van der Waals surface area contributed by atoms with Gasteiger partial charge in [0.2, 0.25) is 0 Å². The van der Waals surface area contributed by atoms with Crippen LogP contribution in [0.15, 0.2) is 47.3 Å². The smallest absolute Gasteiger partial charge is 0.268 e. The molecule has 0 amide bonds. The maximum atomic E-state index is 12.2. The van der Waals surface area contributed by atoms with E-state index in [1.165, 1.54) is 6.42 Å². The maximum absolute atomic E-state index is 12.2. The Hall–Kier alpha value is -1.98. The van der Waals surface area contributed by atoms with Crippen molar-refractivity contribution in [3.8, 4) is 11.3 Å². The zero-order valence-corrected chi connectivity index (χ0v) is 13.1. The molecule has 0 radical (unpaired) electrons. The fraction of sp³-hybridized carbons (Fsp3) is 0.444. The molecule has 120 valence electrons. The molecule has 5 nitrogen and oxygen atoms in total. The molecule has 23 heavy (non-hydrogen) atoms. The molecular formula is C18H21N3O2. The second kappa shape index (κ2) is 6.26. The third-order valence-corrected chi connectivity index (χ3v) is 4.85. The zero-order valence-electron chi connectivity index (χ0n) is 13.1. The van der Waals surface area contributed by atoms with Crippen LogP contribution in [0.5, 0.6) is 0 Å². The van der Waals surface area contributed by atoms with Gasteiger partial charge in [-0.3, -0.25) is 9.69 Å². The van der Waals surface area contributed by atoms with Crippen LogP contribution >= 0.6 is 0 Å². The summed E-state index contributed by atoms with van der Waals surface area (Å²) in [5, 5.41) is 4.57. The molecule has 2 aromatic rings. The average molecular weight is 311 g/mol. The number of rotatable bonds is 3. The van der Waals surface area contributed by atoms with Crippen LogP contribution in [-0.4, -0.2) is 40.0 Å². The molecule has 2 atom stereocenters. The van der Waals surface area contributed by atoms with E-state index in [0.29, 0.717) is 18.8 Å². The van der Waals surface area contributed by atoms with Crippen LogP contribution in [0.1, 0.15) is 19.3 Å². The summed E-state index contributed by atoms with van der Waals surface area (Å²) in [6, 6.07) is 13.8. The van der Waals surface area contributed by atoms with E-state index in [9.17, 15) is 4.79 Å². The summed E-state index contributed by atoms with van der Waals surface area (Å²) in [6.07, 6.45) is 3.82. The van der Waals surface area contributed by atoms with Crippen molar-refractivity contribution in [1.82, 2.24) is 14.7 Å². The lowest BCUT2D eigenvalue weighted by molar-refractivity contribution is -0.0686. The Morgan fingerprint density at radius 1 is 1.13 bits per heavy atom. The number of benzene rings is 1. The van der Waals surface area contributed by atoms with E-state index in [4.69, 9.17) is 4.74 Å². The van der Waals surface area contributed by atoms with Crippen molar-refractivity contribution in [2.45, 2.75) is 38.1 Å². The second-order valence-corrected chi connectivity index (χ2v) is 6.28. The average Bonchev–Trinajstić information content (AvgIpc) is 3.07. The molecule has 2 fully saturated rings. The Labute approximate surface area is 135 Å². The van der Waals surface area contributed by atoms with Crippen molar-refractivity contribution in [3.63, 3.8) is 0 Å². The Morgan fingerprint density at radius 2 is 2.00 bits per heavy atom. The molecule has 1 aromatic carbocycles. The Kier molecular flexibility index (Phi) is 3.97.